The van der Waals surface area contributed by atoms with Crippen molar-refractivity contribution in [2.45, 2.75) is 37.5 Å². The summed E-state index contributed by atoms with van der Waals surface area (Å²) in [7, 11) is 1.63. The van der Waals surface area contributed by atoms with Crippen molar-refractivity contribution >= 4 is 23.5 Å². The Labute approximate surface area is 147 Å². The van der Waals surface area contributed by atoms with Crippen molar-refractivity contribution in [1.29, 1.82) is 0 Å². The van der Waals surface area contributed by atoms with Crippen LogP contribution in [0.2, 0.25) is 0 Å². The Hall–Kier alpha value is -1.76. The van der Waals surface area contributed by atoms with Crippen LogP contribution < -0.4 is 26.8 Å². The third kappa shape index (κ3) is 3.50. The van der Waals surface area contributed by atoms with Gasteiger partial charge in [0.2, 0.25) is 0 Å². The highest BCUT2D eigenvalue weighted by Gasteiger charge is 2.39. The molecule has 1 fully saturated rings. The highest BCUT2D eigenvalue weighted by atomic mass is 35.5. The van der Waals surface area contributed by atoms with Crippen LogP contribution in [0.1, 0.15) is 25.7 Å². The van der Waals surface area contributed by atoms with Crippen LogP contribution in [-0.2, 0) is 0 Å². The van der Waals surface area contributed by atoms with Crippen molar-refractivity contribution in [2.75, 3.05) is 12.4 Å². The standard InChI is InChI=1S/C17H24ClN5O/c1-24-15-5-3-2-4-14(15)22-16-13(18)10-21-17(20,23-16)11-6-8-12(19)9-7-11/h2-5,10-12,22-23H,6-9,19-20H2,1H3. The minimum absolute atomic E-state index is 0.216. The van der Waals surface area contributed by atoms with Crippen LogP contribution in [-0.4, -0.2) is 25.2 Å². The maximum Gasteiger partial charge on any atom is 0.186 e. The molecule has 1 saturated carbocycles. The Morgan fingerprint density at radius 2 is 2.00 bits per heavy atom. The number of halogens is 1. The van der Waals surface area contributed by atoms with E-state index in [-0.39, 0.29) is 12.0 Å². The van der Waals surface area contributed by atoms with Crippen LogP contribution >= 0.6 is 11.6 Å². The first-order valence-corrected chi connectivity index (χ1v) is 8.57. The van der Waals surface area contributed by atoms with E-state index in [9.17, 15) is 0 Å². The summed E-state index contributed by atoms with van der Waals surface area (Å²) in [6.45, 7) is 0. The lowest BCUT2D eigenvalue weighted by Crippen LogP contribution is -2.60. The van der Waals surface area contributed by atoms with Crippen molar-refractivity contribution in [3.8, 4) is 5.75 Å². The lowest BCUT2D eigenvalue weighted by atomic mass is 9.82. The normalized spacial score (nSPS) is 30.0. The van der Waals surface area contributed by atoms with Crippen LogP contribution in [0.15, 0.2) is 40.1 Å². The van der Waals surface area contributed by atoms with Crippen LogP contribution in [0.4, 0.5) is 5.69 Å². The number of para-hydroxylation sites is 2. The van der Waals surface area contributed by atoms with Crippen LogP contribution in [0.5, 0.6) is 5.75 Å². The summed E-state index contributed by atoms with van der Waals surface area (Å²) in [4.78, 5) is 4.47. The molecular weight excluding hydrogens is 326 g/mol. The molecule has 0 spiro atoms. The number of aliphatic imine (C=N–C) groups is 1. The second-order valence-corrected chi connectivity index (χ2v) is 6.78. The van der Waals surface area contributed by atoms with E-state index in [4.69, 9.17) is 27.8 Å². The highest BCUT2D eigenvalue weighted by Crippen LogP contribution is 2.34. The Morgan fingerprint density at radius 3 is 2.71 bits per heavy atom. The van der Waals surface area contributed by atoms with Crippen molar-refractivity contribution in [2.24, 2.45) is 22.4 Å². The number of ether oxygens (including phenoxy) is 1. The molecule has 2 aliphatic rings. The van der Waals surface area contributed by atoms with Gasteiger partial charge in [-0.05, 0) is 37.8 Å². The van der Waals surface area contributed by atoms with Crippen molar-refractivity contribution in [3.63, 3.8) is 0 Å². The highest BCUT2D eigenvalue weighted by molar-refractivity contribution is 6.40. The van der Waals surface area contributed by atoms with Gasteiger partial charge in [0.05, 0.1) is 17.8 Å². The number of nitrogens with zero attached hydrogens (tertiary/aromatic N) is 1. The number of nitrogens with one attached hydrogen (secondary N) is 2. The maximum absolute atomic E-state index is 6.54. The molecule has 1 aliphatic heterocycles. The molecule has 0 bridgehead atoms. The van der Waals surface area contributed by atoms with Crippen molar-refractivity contribution < 1.29 is 4.74 Å². The summed E-state index contributed by atoms with van der Waals surface area (Å²) in [5.41, 5.74) is 13.3. The van der Waals surface area contributed by atoms with Gasteiger partial charge in [-0.1, -0.05) is 23.7 Å². The Balaban J connectivity index is 1.77. The molecule has 3 rings (SSSR count). The van der Waals surface area contributed by atoms with E-state index in [0.717, 1.165) is 37.1 Å². The van der Waals surface area contributed by atoms with Crippen molar-refractivity contribution in [3.05, 3.63) is 35.1 Å². The molecule has 6 N–H and O–H groups in total. The molecular formula is C17H24ClN5O. The SMILES string of the molecule is COc1ccccc1NC1=C(Cl)C=NC(N)(C2CCC(N)CC2)N1. The summed E-state index contributed by atoms with van der Waals surface area (Å²) in [5, 5.41) is 7.03. The van der Waals surface area contributed by atoms with Gasteiger partial charge in [0, 0.05) is 18.2 Å². The largest absolute Gasteiger partial charge is 0.495 e. The lowest BCUT2D eigenvalue weighted by Gasteiger charge is -2.41. The lowest BCUT2D eigenvalue weighted by molar-refractivity contribution is 0.176. The number of allylic oxidation sites excluding steroid dienone is 1. The second kappa shape index (κ2) is 7.01. The monoisotopic (exact) mass is 349 g/mol. The number of nitrogens with two attached hydrogens (primary N) is 2. The molecule has 0 saturated heterocycles. The fraction of sp³-hybridized carbons (Fsp3) is 0.471. The van der Waals surface area contributed by atoms with E-state index in [1.54, 1.807) is 13.3 Å². The van der Waals surface area contributed by atoms with Gasteiger partial charge in [0.25, 0.3) is 0 Å². The molecule has 1 heterocycles. The number of benzene rings is 1. The van der Waals surface area contributed by atoms with E-state index >= 15 is 0 Å². The first-order chi connectivity index (χ1) is 11.5. The van der Waals surface area contributed by atoms with E-state index in [0.29, 0.717) is 10.9 Å². The minimum Gasteiger partial charge on any atom is -0.495 e. The third-order valence-corrected chi connectivity index (χ3v) is 5.00. The van der Waals surface area contributed by atoms with E-state index in [2.05, 4.69) is 15.6 Å². The number of methoxy groups -OCH3 is 1. The molecule has 1 aromatic carbocycles. The Kier molecular flexibility index (Phi) is 4.99. The number of anilines is 1. The smallest absolute Gasteiger partial charge is 0.186 e. The van der Waals surface area contributed by atoms with Gasteiger partial charge in [-0.15, -0.1) is 0 Å². The maximum atomic E-state index is 6.54. The molecule has 24 heavy (non-hydrogen) atoms. The topological polar surface area (TPSA) is 97.7 Å². The zero-order valence-corrected chi connectivity index (χ0v) is 14.5. The van der Waals surface area contributed by atoms with Crippen LogP contribution in [0.3, 0.4) is 0 Å². The first kappa shape index (κ1) is 17.1. The molecule has 0 amide bonds. The number of hydrogen-bond donors (Lipinski definition) is 4. The summed E-state index contributed by atoms with van der Waals surface area (Å²) in [6.07, 6.45) is 5.44. The summed E-state index contributed by atoms with van der Waals surface area (Å²) in [6, 6.07) is 7.90. The summed E-state index contributed by atoms with van der Waals surface area (Å²) >= 11 is 6.31. The fourth-order valence-electron chi connectivity index (χ4n) is 3.26. The van der Waals surface area contributed by atoms with Gasteiger partial charge >= 0.3 is 0 Å². The van der Waals surface area contributed by atoms with Crippen molar-refractivity contribution in [1.82, 2.24) is 5.32 Å². The molecule has 0 radical (unpaired) electrons. The molecule has 1 unspecified atom stereocenters. The van der Waals surface area contributed by atoms with E-state index < -0.39 is 5.79 Å². The quantitative estimate of drug-likeness (QED) is 0.668. The zero-order chi connectivity index (χ0) is 17.2. The summed E-state index contributed by atoms with van der Waals surface area (Å²) in [5.74, 6) is 0.703. The predicted octanol–water partition coefficient (Wildman–Crippen LogP) is 2.32. The summed E-state index contributed by atoms with van der Waals surface area (Å²) < 4.78 is 5.37. The molecule has 1 aliphatic carbocycles. The van der Waals surface area contributed by atoms with E-state index in [1.165, 1.54) is 0 Å². The van der Waals surface area contributed by atoms with Crippen LogP contribution in [0, 0.1) is 5.92 Å². The second-order valence-electron chi connectivity index (χ2n) is 6.37. The van der Waals surface area contributed by atoms with E-state index in [1.807, 2.05) is 24.3 Å². The van der Waals surface area contributed by atoms with Gasteiger partial charge in [-0.3, -0.25) is 5.73 Å². The average Bonchev–Trinajstić information content (AvgIpc) is 2.59. The Morgan fingerprint density at radius 1 is 1.29 bits per heavy atom. The van der Waals surface area contributed by atoms with Gasteiger partial charge in [0.1, 0.15) is 11.6 Å². The van der Waals surface area contributed by atoms with Gasteiger partial charge in [-0.25, -0.2) is 4.99 Å². The van der Waals surface area contributed by atoms with Gasteiger partial charge in [-0.2, -0.15) is 0 Å². The molecule has 1 atom stereocenters. The predicted molar refractivity (Wildman–Crippen MR) is 98.0 cm³/mol. The number of hydrogen-bond acceptors (Lipinski definition) is 6. The average molecular weight is 350 g/mol. The zero-order valence-electron chi connectivity index (χ0n) is 13.8. The minimum atomic E-state index is -0.872. The number of rotatable bonds is 4. The van der Waals surface area contributed by atoms with Crippen LogP contribution in [0.25, 0.3) is 0 Å². The fourth-order valence-corrected chi connectivity index (χ4v) is 3.40. The molecule has 1 aromatic rings. The molecule has 130 valence electrons. The third-order valence-electron chi connectivity index (χ3n) is 4.72. The Bertz CT molecular complexity index is 654. The van der Waals surface area contributed by atoms with Gasteiger partial charge < -0.3 is 21.1 Å². The first-order valence-electron chi connectivity index (χ1n) is 8.19. The molecule has 7 heteroatoms. The molecule has 0 aromatic heterocycles. The van der Waals surface area contributed by atoms with Gasteiger partial charge in [0.15, 0.2) is 5.79 Å². The molecule has 6 nitrogen and oxygen atoms in total.